The van der Waals surface area contributed by atoms with Crippen molar-refractivity contribution in [3.05, 3.63) is 46.3 Å². The van der Waals surface area contributed by atoms with Crippen LogP contribution in [0.1, 0.15) is 5.56 Å². The lowest BCUT2D eigenvalue weighted by molar-refractivity contribution is 0.351. The van der Waals surface area contributed by atoms with E-state index in [9.17, 15) is 9.90 Å². The molecule has 0 aliphatic rings. The van der Waals surface area contributed by atoms with E-state index in [0.29, 0.717) is 22.3 Å². The van der Waals surface area contributed by atoms with Crippen LogP contribution in [0.15, 0.2) is 39.5 Å². The van der Waals surface area contributed by atoms with Gasteiger partial charge < -0.3 is 9.15 Å². The van der Waals surface area contributed by atoms with Crippen LogP contribution in [0.2, 0.25) is 0 Å². The van der Waals surface area contributed by atoms with Crippen LogP contribution in [0.4, 0.5) is 0 Å². The molecule has 4 heteroatoms. The van der Waals surface area contributed by atoms with E-state index in [2.05, 4.69) is 0 Å². The summed E-state index contributed by atoms with van der Waals surface area (Å²) in [7, 11) is 1.54. The lowest BCUT2D eigenvalue weighted by Crippen LogP contribution is -2.01. The minimum absolute atomic E-state index is 0.136. The van der Waals surface area contributed by atoms with Gasteiger partial charge in [0.1, 0.15) is 11.3 Å². The second-order valence-corrected chi connectivity index (χ2v) is 4.37. The maximum atomic E-state index is 12.0. The molecule has 1 heterocycles. The van der Waals surface area contributed by atoms with Crippen molar-refractivity contribution >= 4 is 21.7 Å². The molecule has 0 N–H and O–H groups in total. The van der Waals surface area contributed by atoms with Crippen LogP contribution < -0.4 is 10.4 Å². The summed E-state index contributed by atoms with van der Waals surface area (Å²) >= 11 is 0. The maximum absolute atomic E-state index is 12.0. The Morgan fingerprint density at radius 2 is 1.79 bits per heavy atom. The van der Waals surface area contributed by atoms with Crippen molar-refractivity contribution in [1.82, 2.24) is 0 Å². The first-order chi connectivity index (χ1) is 9.11. The second-order valence-electron chi connectivity index (χ2n) is 4.37. The van der Waals surface area contributed by atoms with Crippen molar-refractivity contribution in [2.75, 3.05) is 7.11 Å². The number of aryl methyl sites for hydroxylation is 1. The second kappa shape index (κ2) is 4.02. The van der Waals surface area contributed by atoms with Crippen molar-refractivity contribution in [3.63, 3.8) is 0 Å². The van der Waals surface area contributed by atoms with Gasteiger partial charge in [-0.3, -0.25) is 5.11 Å². The van der Waals surface area contributed by atoms with Crippen molar-refractivity contribution < 1.29 is 14.3 Å². The van der Waals surface area contributed by atoms with Gasteiger partial charge in [0, 0.05) is 16.3 Å². The topological polar surface area (TPSA) is 59.3 Å². The molecule has 0 fully saturated rings. The van der Waals surface area contributed by atoms with E-state index in [1.807, 2.05) is 0 Å². The Balaban J connectivity index is 2.54. The van der Waals surface area contributed by atoms with E-state index in [1.54, 1.807) is 31.2 Å². The third-order valence-corrected chi connectivity index (χ3v) is 3.29. The Morgan fingerprint density at radius 1 is 1.05 bits per heavy atom. The molecule has 3 aromatic rings. The summed E-state index contributed by atoms with van der Waals surface area (Å²) < 4.78 is 10.4. The number of methoxy groups -OCH3 is 1. The summed E-state index contributed by atoms with van der Waals surface area (Å²) in [4.78, 5) is 12.0. The number of benzene rings is 2. The molecule has 4 nitrogen and oxygen atoms in total. The van der Waals surface area contributed by atoms with Gasteiger partial charge in [-0.25, -0.2) is 4.79 Å². The fourth-order valence-corrected chi connectivity index (χ4v) is 2.22. The zero-order chi connectivity index (χ0) is 13.6. The normalized spacial score (nSPS) is 11.1. The monoisotopic (exact) mass is 255 g/mol. The van der Waals surface area contributed by atoms with Crippen LogP contribution in [-0.4, -0.2) is 7.11 Å². The molecular formula is C15H11O4. The average Bonchev–Trinajstić information content (AvgIpc) is 2.43. The van der Waals surface area contributed by atoms with E-state index in [-0.39, 0.29) is 5.75 Å². The highest BCUT2D eigenvalue weighted by Crippen LogP contribution is 2.31. The van der Waals surface area contributed by atoms with Crippen LogP contribution in [-0.2, 0) is 5.11 Å². The third kappa shape index (κ3) is 1.64. The summed E-state index contributed by atoms with van der Waals surface area (Å²) in [5, 5.41) is 13.6. The van der Waals surface area contributed by atoms with E-state index < -0.39 is 5.63 Å². The lowest BCUT2D eigenvalue weighted by atomic mass is 10.0. The van der Waals surface area contributed by atoms with Gasteiger partial charge in [0.05, 0.1) is 12.5 Å². The Kier molecular flexibility index (Phi) is 2.45. The van der Waals surface area contributed by atoms with Crippen LogP contribution >= 0.6 is 0 Å². The first kappa shape index (κ1) is 11.6. The highest BCUT2D eigenvalue weighted by molar-refractivity contribution is 6.05. The molecule has 0 amide bonds. The Hall–Kier alpha value is -2.49. The van der Waals surface area contributed by atoms with Crippen LogP contribution in [0.25, 0.3) is 21.7 Å². The fraction of sp³-hybridized carbons (Fsp3) is 0.133. The quantitative estimate of drug-likeness (QED) is 0.494. The smallest absolute Gasteiger partial charge is 0.344 e. The third-order valence-electron chi connectivity index (χ3n) is 3.29. The Morgan fingerprint density at radius 3 is 2.53 bits per heavy atom. The molecule has 3 rings (SSSR count). The van der Waals surface area contributed by atoms with E-state index in [4.69, 9.17) is 9.15 Å². The van der Waals surface area contributed by atoms with E-state index in [1.165, 1.54) is 13.2 Å². The number of rotatable bonds is 1. The molecule has 0 saturated carbocycles. The van der Waals surface area contributed by atoms with Gasteiger partial charge in [-0.05, 0) is 37.3 Å². The number of fused-ring (bicyclic) bond motifs is 3. The lowest BCUT2D eigenvalue weighted by Gasteiger charge is -2.06. The van der Waals surface area contributed by atoms with E-state index in [0.717, 1.165) is 10.8 Å². The molecule has 1 radical (unpaired) electrons. The molecule has 0 aliphatic carbocycles. The molecule has 2 aromatic carbocycles. The summed E-state index contributed by atoms with van der Waals surface area (Å²) in [6.45, 7) is 1.66. The standard InChI is InChI=1S/C15H11O4/c1-8-13(16)6-5-11-10-4-3-9(18-2)7-12(10)15(17)19-14(8)11/h3-7H,1-2H3. The number of ether oxygens (including phenoxy) is 1. The van der Waals surface area contributed by atoms with Crippen LogP contribution in [0.3, 0.4) is 0 Å². The largest absolute Gasteiger partial charge is 0.497 e. The molecule has 0 atom stereocenters. The van der Waals surface area contributed by atoms with Gasteiger partial charge in [0.15, 0.2) is 5.75 Å². The Bertz CT molecular complexity index is 846. The summed E-state index contributed by atoms with van der Waals surface area (Å²) in [6, 6.07) is 8.39. The van der Waals surface area contributed by atoms with Gasteiger partial charge in [-0.1, -0.05) is 0 Å². The maximum Gasteiger partial charge on any atom is 0.344 e. The molecule has 0 unspecified atom stereocenters. The number of hydrogen-bond donors (Lipinski definition) is 0. The van der Waals surface area contributed by atoms with Crippen molar-refractivity contribution in [3.8, 4) is 11.5 Å². The molecular weight excluding hydrogens is 244 g/mol. The van der Waals surface area contributed by atoms with Gasteiger partial charge in [0.2, 0.25) is 0 Å². The Labute approximate surface area is 108 Å². The first-order valence-electron chi connectivity index (χ1n) is 5.83. The molecule has 1 aromatic heterocycles. The molecule has 95 valence electrons. The highest BCUT2D eigenvalue weighted by Gasteiger charge is 2.12. The fourth-order valence-electron chi connectivity index (χ4n) is 2.22. The van der Waals surface area contributed by atoms with Crippen LogP contribution in [0.5, 0.6) is 11.5 Å². The minimum atomic E-state index is -0.463. The van der Waals surface area contributed by atoms with Crippen molar-refractivity contribution in [2.45, 2.75) is 6.92 Å². The van der Waals surface area contributed by atoms with Gasteiger partial charge in [-0.15, -0.1) is 0 Å². The predicted octanol–water partition coefficient (Wildman–Crippen LogP) is 3.41. The first-order valence-corrected chi connectivity index (χ1v) is 5.83. The van der Waals surface area contributed by atoms with Crippen LogP contribution in [0, 0.1) is 6.92 Å². The molecule has 0 spiro atoms. The van der Waals surface area contributed by atoms with Crippen molar-refractivity contribution in [2.24, 2.45) is 0 Å². The zero-order valence-corrected chi connectivity index (χ0v) is 10.5. The molecule has 19 heavy (non-hydrogen) atoms. The SMILES string of the molecule is COc1ccc2c(c1)c(=O)oc1c(C)c([O])ccc12. The molecule has 0 saturated heterocycles. The van der Waals surface area contributed by atoms with E-state index >= 15 is 0 Å². The summed E-state index contributed by atoms with van der Waals surface area (Å²) in [6.07, 6.45) is 0. The number of hydrogen-bond acceptors (Lipinski definition) is 3. The highest BCUT2D eigenvalue weighted by atomic mass is 16.5. The summed E-state index contributed by atoms with van der Waals surface area (Å²) in [5.74, 6) is 0.458. The van der Waals surface area contributed by atoms with Gasteiger partial charge >= 0.3 is 5.63 Å². The zero-order valence-electron chi connectivity index (χ0n) is 10.5. The minimum Gasteiger partial charge on any atom is -0.497 e. The molecule has 0 bridgehead atoms. The van der Waals surface area contributed by atoms with Crippen molar-refractivity contribution in [1.29, 1.82) is 0 Å². The van der Waals surface area contributed by atoms with Gasteiger partial charge in [-0.2, -0.15) is 0 Å². The summed E-state index contributed by atoms with van der Waals surface area (Å²) in [5.41, 5.74) is 0.345. The predicted molar refractivity (Wildman–Crippen MR) is 71.4 cm³/mol. The van der Waals surface area contributed by atoms with Gasteiger partial charge in [0.25, 0.3) is 0 Å². The molecule has 0 aliphatic heterocycles. The average molecular weight is 255 g/mol.